The van der Waals surface area contributed by atoms with E-state index in [9.17, 15) is 9.18 Å². The molecule has 0 aliphatic carbocycles. The molecule has 0 fully saturated rings. The van der Waals surface area contributed by atoms with Crippen molar-refractivity contribution < 1.29 is 13.6 Å². The molecule has 0 aliphatic rings. The van der Waals surface area contributed by atoms with E-state index in [0.717, 1.165) is 10.9 Å². The number of hydrogen-bond donors (Lipinski definition) is 1. The van der Waals surface area contributed by atoms with Gasteiger partial charge in [-0.15, -0.1) is 0 Å². The number of fused-ring (bicyclic) bond motifs is 1. The molecule has 2 aromatic carbocycles. The molecule has 4 aromatic rings. The molecule has 4 nitrogen and oxygen atoms in total. The van der Waals surface area contributed by atoms with Gasteiger partial charge in [-0.3, -0.25) is 9.78 Å². The summed E-state index contributed by atoms with van der Waals surface area (Å²) in [5, 5.41) is 3.87. The number of anilines is 1. The van der Waals surface area contributed by atoms with Crippen LogP contribution in [0.3, 0.4) is 0 Å². The first kappa shape index (κ1) is 17.0. The van der Waals surface area contributed by atoms with Crippen LogP contribution in [0.25, 0.3) is 22.2 Å². The van der Waals surface area contributed by atoms with Gasteiger partial charge in [-0.1, -0.05) is 30.3 Å². The monoisotopic (exact) mass is 360 g/mol. The smallest absolute Gasteiger partial charge is 0.224 e. The number of furan rings is 1. The number of para-hydroxylation sites is 1. The predicted molar refractivity (Wildman–Crippen MR) is 103 cm³/mol. The van der Waals surface area contributed by atoms with Crippen LogP contribution in [0.15, 0.2) is 77.3 Å². The van der Waals surface area contributed by atoms with E-state index in [-0.39, 0.29) is 18.1 Å². The molecular weight excluding hydrogens is 343 g/mol. The van der Waals surface area contributed by atoms with Crippen molar-refractivity contribution in [1.29, 1.82) is 0 Å². The molecule has 5 heteroatoms. The van der Waals surface area contributed by atoms with Gasteiger partial charge < -0.3 is 9.73 Å². The number of hydrogen-bond acceptors (Lipinski definition) is 3. The van der Waals surface area contributed by atoms with Gasteiger partial charge in [-0.25, -0.2) is 4.39 Å². The Morgan fingerprint density at radius 2 is 1.85 bits per heavy atom. The first-order valence-corrected chi connectivity index (χ1v) is 8.68. The van der Waals surface area contributed by atoms with Crippen molar-refractivity contribution in [2.75, 3.05) is 5.32 Å². The minimum atomic E-state index is -0.334. The molecule has 0 atom stereocenters. The summed E-state index contributed by atoms with van der Waals surface area (Å²) in [6, 6.07) is 19.4. The number of aromatic nitrogens is 1. The lowest BCUT2D eigenvalue weighted by molar-refractivity contribution is -0.116. The van der Waals surface area contributed by atoms with Crippen LogP contribution in [0.5, 0.6) is 0 Å². The minimum Gasteiger partial charge on any atom is -0.461 e. The van der Waals surface area contributed by atoms with Crippen molar-refractivity contribution in [3.63, 3.8) is 0 Å². The Balaban J connectivity index is 1.42. The molecule has 0 unspecified atom stereocenters. The second-order valence-electron chi connectivity index (χ2n) is 6.17. The molecule has 2 heterocycles. The molecule has 0 spiro atoms. The predicted octanol–water partition coefficient (Wildman–Crippen LogP) is 5.21. The summed E-state index contributed by atoms with van der Waals surface area (Å²) in [6.07, 6.45) is 2.39. The van der Waals surface area contributed by atoms with E-state index in [4.69, 9.17) is 4.42 Å². The molecule has 0 saturated carbocycles. The van der Waals surface area contributed by atoms with E-state index < -0.39 is 0 Å². The van der Waals surface area contributed by atoms with E-state index >= 15 is 0 Å². The second-order valence-corrected chi connectivity index (χ2v) is 6.17. The van der Waals surface area contributed by atoms with Gasteiger partial charge in [0.2, 0.25) is 5.91 Å². The molecule has 0 saturated heterocycles. The van der Waals surface area contributed by atoms with Gasteiger partial charge in [-0.05, 0) is 36.4 Å². The van der Waals surface area contributed by atoms with Crippen LogP contribution in [0.1, 0.15) is 12.2 Å². The standard InChI is InChI=1S/C22H17FN2O2/c23-18-8-2-1-7-17(18)20-12-10-16(27-20)11-13-21(26)25-19-9-3-5-15-6-4-14-24-22(15)19/h1-10,12,14H,11,13H2,(H,25,26). The van der Waals surface area contributed by atoms with Crippen molar-refractivity contribution in [2.45, 2.75) is 12.8 Å². The Labute approximate surface area is 155 Å². The fourth-order valence-corrected chi connectivity index (χ4v) is 2.97. The van der Waals surface area contributed by atoms with Gasteiger partial charge in [0.05, 0.1) is 16.8 Å². The fraction of sp³-hybridized carbons (Fsp3) is 0.0909. The van der Waals surface area contributed by atoms with Crippen molar-refractivity contribution >= 4 is 22.5 Å². The van der Waals surface area contributed by atoms with Crippen LogP contribution in [-0.2, 0) is 11.2 Å². The average molecular weight is 360 g/mol. The molecule has 4 rings (SSSR count). The van der Waals surface area contributed by atoms with Gasteiger partial charge in [0, 0.05) is 24.4 Å². The summed E-state index contributed by atoms with van der Waals surface area (Å²) < 4.78 is 19.5. The number of benzene rings is 2. The van der Waals surface area contributed by atoms with Gasteiger partial charge in [0.1, 0.15) is 17.3 Å². The number of aryl methyl sites for hydroxylation is 1. The number of pyridine rings is 1. The van der Waals surface area contributed by atoms with Crippen molar-refractivity contribution in [2.24, 2.45) is 0 Å². The molecular formula is C22H17FN2O2. The molecule has 1 amide bonds. The summed E-state index contributed by atoms with van der Waals surface area (Å²) in [7, 11) is 0. The van der Waals surface area contributed by atoms with E-state index in [1.807, 2.05) is 30.3 Å². The highest BCUT2D eigenvalue weighted by molar-refractivity contribution is 6.00. The Morgan fingerprint density at radius 3 is 2.74 bits per heavy atom. The molecule has 27 heavy (non-hydrogen) atoms. The summed E-state index contributed by atoms with van der Waals surface area (Å²) >= 11 is 0. The Morgan fingerprint density at radius 1 is 1.00 bits per heavy atom. The Bertz CT molecular complexity index is 1100. The van der Waals surface area contributed by atoms with Crippen molar-refractivity contribution in [1.82, 2.24) is 4.98 Å². The van der Waals surface area contributed by atoms with Crippen LogP contribution >= 0.6 is 0 Å². The SMILES string of the molecule is O=C(CCc1ccc(-c2ccccc2F)o1)Nc1cccc2cccnc12. The lowest BCUT2D eigenvalue weighted by Gasteiger charge is -2.07. The third kappa shape index (κ3) is 3.72. The number of carbonyl (C=O) groups excluding carboxylic acids is 1. The second kappa shape index (κ2) is 7.41. The maximum atomic E-state index is 13.8. The largest absolute Gasteiger partial charge is 0.461 e. The highest BCUT2D eigenvalue weighted by atomic mass is 19.1. The van der Waals surface area contributed by atoms with Crippen LogP contribution in [0.2, 0.25) is 0 Å². The molecule has 134 valence electrons. The van der Waals surface area contributed by atoms with Gasteiger partial charge in [0.15, 0.2) is 0 Å². The van der Waals surface area contributed by atoms with Crippen LogP contribution in [0, 0.1) is 5.82 Å². The number of rotatable bonds is 5. The normalized spacial score (nSPS) is 10.9. The van der Waals surface area contributed by atoms with E-state index in [0.29, 0.717) is 29.2 Å². The van der Waals surface area contributed by atoms with Crippen molar-refractivity contribution in [3.8, 4) is 11.3 Å². The lowest BCUT2D eigenvalue weighted by atomic mass is 10.1. The zero-order valence-electron chi connectivity index (χ0n) is 14.5. The zero-order chi connectivity index (χ0) is 18.6. The maximum Gasteiger partial charge on any atom is 0.224 e. The van der Waals surface area contributed by atoms with Crippen LogP contribution in [0.4, 0.5) is 10.1 Å². The first-order chi connectivity index (χ1) is 13.2. The minimum absolute atomic E-state index is 0.128. The Hall–Kier alpha value is -3.47. The Kier molecular flexibility index (Phi) is 4.66. The molecule has 1 N–H and O–H groups in total. The summed E-state index contributed by atoms with van der Waals surface area (Å²) in [5.41, 5.74) is 1.85. The summed E-state index contributed by atoms with van der Waals surface area (Å²) in [5.74, 6) is 0.637. The van der Waals surface area contributed by atoms with Crippen molar-refractivity contribution in [3.05, 3.63) is 84.5 Å². The number of halogens is 1. The van der Waals surface area contributed by atoms with Gasteiger partial charge in [-0.2, -0.15) is 0 Å². The van der Waals surface area contributed by atoms with E-state index in [1.165, 1.54) is 6.07 Å². The van der Waals surface area contributed by atoms with Crippen LogP contribution < -0.4 is 5.32 Å². The lowest BCUT2D eigenvalue weighted by Crippen LogP contribution is -2.12. The number of carbonyl (C=O) groups is 1. The third-order valence-corrected chi connectivity index (χ3v) is 4.31. The summed E-state index contributed by atoms with van der Waals surface area (Å²) in [6.45, 7) is 0. The van der Waals surface area contributed by atoms with E-state index in [2.05, 4.69) is 10.3 Å². The quantitative estimate of drug-likeness (QED) is 0.532. The molecule has 0 aliphatic heterocycles. The first-order valence-electron chi connectivity index (χ1n) is 8.68. The topological polar surface area (TPSA) is 55.1 Å². The van der Waals surface area contributed by atoms with E-state index in [1.54, 1.807) is 36.5 Å². The van der Waals surface area contributed by atoms with Gasteiger partial charge in [0.25, 0.3) is 0 Å². The number of nitrogens with zero attached hydrogens (tertiary/aromatic N) is 1. The highest BCUT2D eigenvalue weighted by Crippen LogP contribution is 2.25. The fourth-order valence-electron chi connectivity index (χ4n) is 2.97. The average Bonchev–Trinajstić information content (AvgIpc) is 3.16. The number of nitrogens with one attached hydrogen (secondary N) is 1. The van der Waals surface area contributed by atoms with Crippen LogP contribution in [-0.4, -0.2) is 10.9 Å². The maximum absolute atomic E-state index is 13.8. The molecule has 0 bridgehead atoms. The molecule has 0 radical (unpaired) electrons. The zero-order valence-corrected chi connectivity index (χ0v) is 14.5. The molecule has 2 aromatic heterocycles. The third-order valence-electron chi connectivity index (χ3n) is 4.31. The summed E-state index contributed by atoms with van der Waals surface area (Å²) in [4.78, 5) is 16.6. The number of amides is 1. The van der Waals surface area contributed by atoms with Gasteiger partial charge >= 0.3 is 0 Å². The highest BCUT2D eigenvalue weighted by Gasteiger charge is 2.11.